The van der Waals surface area contributed by atoms with Gasteiger partial charge in [0.2, 0.25) is 0 Å². The van der Waals surface area contributed by atoms with Gasteiger partial charge in [0.15, 0.2) is 6.61 Å². The first-order valence-electron chi connectivity index (χ1n) is 7.07. The number of phenols is 1. The van der Waals surface area contributed by atoms with E-state index in [-0.39, 0.29) is 16.5 Å². The largest absolute Gasteiger partial charge is 0.508 e. The number of carbonyl (C=O) groups is 2. The van der Waals surface area contributed by atoms with Crippen LogP contribution in [0.25, 0.3) is 10.9 Å². The lowest BCUT2D eigenvalue weighted by atomic mass is 10.2. The number of rotatable bonds is 4. The van der Waals surface area contributed by atoms with Gasteiger partial charge in [-0.05, 0) is 30.3 Å². The summed E-state index contributed by atoms with van der Waals surface area (Å²) in [6.45, 7) is -0.453. The Balaban J connectivity index is 1.63. The van der Waals surface area contributed by atoms with Gasteiger partial charge in [-0.1, -0.05) is 29.8 Å². The molecule has 7 heteroatoms. The first kappa shape index (κ1) is 15.9. The zero-order valence-corrected chi connectivity index (χ0v) is 13.1. The van der Waals surface area contributed by atoms with Gasteiger partial charge in [-0.15, -0.1) is 0 Å². The van der Waals surface area contributed by atoms with Crippen molar-refractivity contribution in [3.05, 3.63) is 59.2 Å². The number of para-hydroxylation sites is 1. The average molecular weight is 345 g/mol. The number of anilines is 1. The van der Waals surface area contributed by atoms with Crippen LogP contribution in [-0.2, 0) is 9.53 Å². The number of esters is 1. The summed E-state index contributed by atoms with van der Waals surface area (Å²) in [5.74, 6) is -1.12. The van der Waals surface area contributed by atoms with E-state index in [2.05, 4.69) is 10.3 Å². The van der Waals surface area contributed by atoms with Crippen LogP contribution in [0.3, 0.4) is 0 Å². The number of ether oxygens (including phenoxy) is 1. The van der Waals surface area contributed by atoms with Gasteiger partial charge >= 0.3 is 5.97 Å². The summed E-state index contributed by atoms with van der Waals surface area (Å²) in [4.78, 5) is 26.8. The van der Waals surface area contributed by atoms with Crippen LogP contribution in [0.15, 0.2) is 48.5 Å². The number of benzene rings is 2. The number of phenolic OH excluding ortho intramolecular Hbond substituents is 1. The molecule has 0 bridgehead atoms. The number of carbonyl (C=O) groups excluding carboxylic acids is 2. The highest BCUT2D eigenvalue weighted by Crippen LogP contribution is 2.27. The predicted molar refractivity (Wildman–Crippen MR) is 90.3 cm³/mol. The molecule has 122 valence electrons. The zero-order valence-electron chi connectivity index (χ0n) is 12.4. The highest BCUT2D eigenvalue weighted by molar-refractivity contribution is 6.38. The van der Waals surface area contributed by atoms with Crippen molar-refractivity contribution in [1.82, 2.24) is 4.98 Å². The molecule has 0 fully saturated rings. The molecule has 0 aliphatic carbocycles. The Bertz CT molecular complexity index is 903. The van der Waals surface area contributed by atoms with Crippen molar-refractivity contribution in [3.63, 3.8) is 0 Å². The molecule has 0 unspecified atom stereocenters. The van der Waals surface area contributed by atoms with E-state index in [1.165, 1.54) is 24.3 Å². The molecule has 0 saturated heterocycles. The van der Waals surface area contributed by atoms with Crippen LogP contribution in [0.5, 0.6) is 5.75 Å². The number of aromatic nitrogens is 1. The van der Waals surface area contributed by atoms with Crippen molar-refractivity contribution in [2.45, 2.75) is 0 Å². The van der Waals surface area contributed by atoms with Gasteiger partial charge in [0, 0.05) is 16.6 Å². The van der Waals surface area contributed by atoms with E-state index in [0.29, 0.717) is 16.6 Å². The Kier molecular flexibility index (Phi) is 4.39. The molecule has 0 atom stereocenters. The third-order valence-electron chi connectivity index (χ3n) is 3.33. The maximum atomic E-state index is 12.1. The minimum Gasteiger partial charge on any atom is -0.508 e. The van der Waals surface area contributed by atoms with Gasteiger partial charge in [0.25, 0.3) is 5.91 Å². The van der Waals surface area contributed by atoms with Crippen LogP contribution in [0.4, 0.5) is 5.69 Å². The van der Waals surface area contributed by atoms with E-state index in [9.17, 15) is 14.7 Å². The van der Waals surface area contributed by atoms with Crippen LogP contribution in [0, 0.1) is 0 Å². The monoisotopic (exact) mass is 344 g/mol. The van der Waals surface area contributed by atoms with E-state index in [4.69, 9.17) is 16.3 Å². The molecule has 0 radical (unpaired) electrons. The highest BCUT2D eigenvalue weighted by atomic mass is 35.5. The molecule has 1 amide bonds. The van der Waals surface area contributed by atoms with Crippen LogP contribution in [0.1, 0.15) is 10.5 Å². The van der Waals surface area contributed by atoms with Crippen molar-refractivity contribution in [2.75, 3.05) is 11.9 Å². The normalized spacial score (nSPS) is 10.5. The lowest BCUT2D eigenvalue weighted by Gasteiger charge is -2.06. The first-order valence-corrected chi connectivity index (χ1v) is 7.44. The molecule has 2 aromatic carbocycles. The van der Waals surface area contributed by atoms with Crippen molar-refractivity contribution in [1.29, 1.82) is 0 Å². The number of aromatic amines is 1. The van der Waals surface area contributed by atoms with Crippen molar-refractivity contribution in [2.24, 2.45) is 0 Å². The van der Waals surface area contributed by atoms with Gasteiger partial charge in [-0.3, -0.25) is 4.79 Å². The third-order valence-corrected chi connectivity index (χ3v) is 3.72. The topological polar surface area (TPSA) is 91.4 Å². The molecule has 1 heterocycles. The van der Waals surface area contributed by atoms with Crippen LogP contribution in [-0.4, -0.2) is 28.6 Å². The number of amides is 1. The van der Waals surface area contributed by atoms with Crippen LogP contribution < -0.4 is 5.32 Å². The molecule has 3 aromatic rings. The maximum absolute atomic E-state index is 12.1. The summed E-state index contributed by atoms with van der Waals surface area (Å²) in [7, 11) is 0. The second-order valence-electron chi connectivity index (χ2n) is 5.03. The molecule has 1 aromatic heterocycles. The Morgan fingerprint density at radius 2 is 1.83 bits per heavy atom. The smallest absolute Gasteiger partial charge is 0.356 e. The zero-order chi connectivity index (χ0) is 17.1. The van der Waals surface area contributed by atoms with Crippen molar-refractivity contribution < 1.29 is 19.4 Å². The van der Waals surface area contributed by atoms with Crippen molar-refractivity contribution in [3.8, 4) is 5.75 Å². The average Bonchev–Trinajstić information content (AvgIpc) is 2.92. The number of hydrogen-bond donors (Lipinski definition) is 3. The molecule has 3 rings (SSSR count). The van der Waals surface area contributed by atoms with Gasteiger partial charge in [-0.2, -0.15) is 0 Å². The summed E-state index contributed by atoms with van der Waals surface area (Å²) in [6.07, 6.45) is 0. The van der Waals surface area contributed by atoms with Gasteiger partial charge in [-0.25, -0.2) is 4.79 Å². The molecule has 0 aliphatic heterocycles. The Morgan fingerprint density at radius 3 is 2.54 bits per heavy atom. The maximum Gasteiger partial charge on any atom is 0.356 e. The number of aromatic hydroxyl groups is 1. The molecule has 6 nitrogen and oxygen atoms in total. The summed E-state index contributed by atoms with van der Waals surface area (Å²) in [6, 6.07) is 13.1. The SMILES string of the molecule is O=C(COC(=O)c1[nH]c2ccccc2c1Cl)Nc1ccc(O)cc1. The van der Waals surface area contributed by atoms with Gasteiger partial charge in [0.05, 0.1) is 5.02 Å². The van der Waals surface area contributed by atoms with E-state index in [1.54, 1.807) is 12.1 Å². The standard InChI is InChI=1S/C17H13ClN2O4/c18-15-12-3-1-2-4-13(12)20-16(15)17(23)24-9-14(22)19-10-5-7-11(21)8-6-10/h1-8,20-21H,9H2,(H,19,22). The molecular weight excluding hydrogens is 332 g/mol. The fourth-order valence-electron chi connectivity index (χ4n) is 2.19. The highest BCUT2D eigenvalue weighted by Gasteiger charge is 2.18. The number of hydrogen-bond acceptors (Lipinski definition) is 4. The fraction of sp³-hybridized carbons (Fsp3) is 0.0588. The predicted octanol–water partition coefficient (Wildman–Crippen LogP) is 3.32. The third kappa shape index (κ3) is 3.33. The molecule has 0 spiro atoms. The van der Waals surface area contributed by atoms with Crippen molar-refractivity contribution >= 4 is 40.1 Å². The molecule has 3 N–H and O–H groups in total. The summed E-state index contributed by atoms with van der Waals surface area (Å²) in [5, 5.41) is 12.7. The molecule has 24 heavy (non-hydrogen) atoms. The number of halogens is 1. The quantitative estimate of drug-likeness (QED) is 0.500. The first-order chi connectivity index (χ1) is 11.5. The van der Waals surface area contributed by atoms with Gasteiger partial charge in [0.1, 0.15) is 11.4 Å². The minimum atomic E-state index is -0.711. The van der Waals surface area contributed by atoms with Crippen LogP contribution in [0.2, 0.25) is 5.02 Å². The van der Waals surface area contributed by atoms with E-state index in [1.807, 2.05) is 12.1 Å². The number of H-pyrrole nitrogens is 1. The lowest BCUT2D eigenvalue weighted by Crippen LogP contribution is -2.21. The minimum absolute atomic E-state index is 0.0906. The number of fused-ring (bicyclic) bond motifs is 1. The molecule has 0 aliphatic rings. The fourth-order valence-corrected chi connectivity index (χ4v) is 2.48. The molecule has 0 saturated carbocycles. The van der Waals surface area contributed by atoms with Gasteiger partial charge < -0.3 is 20.1 Å². The lowest BCUT2D eigenvalue weighted by molar-refractivity contribution is -0.119. The summed E-state index contributed by atoms with van der Waals surface area (Å²) >= 11 is 6.16. The number of nitrogens with one attached hydrogen (secondary N) is 2. The summed E-state index contributed by atoms with van der Waals surface area (Å²) in [5.41, 5.74) is 1.30. The second-order valence-corrected chi connectivity index (χ2v) is 5.41. The Labute approximate surface area is 142 Å². The van der Waals surface area contributed by atoms with Crippen LogP contribution >= 0.6 is 11.6 Å². The summed E-state index contributed by atoms with van der Waals surface area (Å²) < 4.78 is 4.98. The van der Waals surface area contributed by atoms with E-state index >= 15 is 0 Å². The van der Waals surface area contributed by atoms with E-state index in [0.717, 1.165) is 0 Å². The Morgan fingerprint density at radius 1 is 1.12 bits per heavy atom. The van der Waals surface area contributed by atoms with E-state index < -0.39 is 18.5 Å². The second kappa shape index (κ2) is 6.64. The molecular formula is C17H13ClN2O4. The Hall–Kier alpha value is -2.99.